The highest BCUT2D eigenvalue weighted by Crippen LogP contribution is 2.55. The lowest BCUT2D eigenvalue weighted by Crippen LogP contribution is -2.58. The van der Waals surface area contributed by atoms with Crippen molar-refractivity contribution in [3.05, 3.63) is 30.2 Å². The third-order valence-electron chi connectivity index (χ3n) is 6.10. The van der Waals surface area contributed by atoms with Crippen LogP contribution in [0.3, 0.4) is 0 Å². The van der Waals surface area contributed by atoms with Crippen molar-refractivity contribution in [2.45, 2.75) is 50.6 Å². The van der Waals surface area contributed by atoms with Gasteiger partial charge in [-0.15, -0.1) is 0 Å². The fourth-order valence-electron chi connectivity index (χ4n) is 5.61. The minimum Gasteiger partial charge on any atom is -0.458 e. The van der Waals surface area contributed by atoms with E-state index in [-0.39, 0.29) is 0 Å². The van der Waals surface area contributed by atoms with Crippen LogP contribution in [0.2, 0.25) is 0 Å². The molecule has 4 bridgehead atoms. The Balaban J connectivity index is 1.29. The molecule has 2 aromatic heterocycles. The molecular formula is C18H23N3O. The first-order valence-electron chi connectivity index (χ1n) is 8.61. The summed E-state index contributed by atoms with van der Waals surface area (Å²) in [5, 5.41) is 10.8. The average Bonchev–Trinajstić information content (AvgIpc) is 3.15. The largest absolute Gasteiger partial charge is 0.458 e. The number of hydrogen-bond donors (Lipinski definition) is 2. The van der Waals surface area contributed by atoms with Gasteiger partial charge in [0, 0.05) is 11.7 Å². The number of rotatable bonds is 4. The van der Waals surface area contributed by atoms with Gasteiger partial charge in [0.15, 0.2) is 5.76 Å². The minimum absolute atomic E-state index is 0.399. The van der Waals surface area contributed by atoms with Crippen molar-refractivity contribution in [2.75, 3.05) is 0 Å². The Morgan fingerprint density at radius 2 is 1.82 bits per heavy atom. The molecule has 4 aliphatic carbocycles. The molecular weight excluding hydrogens is 274 g/mol. The first kappa shape index (κ1) is 12.9. The molecule has 0 atom stereocenters. The second-order valence-corrected chi connectivity index (χ2v) is 7.79. The number of nitrogens with zero attached hydrogens (tertiary/aromatic N) is 1. The van der Waals surface area contributed by atoms with Gasteiger partial charge in [-0.25, -0.2) is 0 Å². The molecule has 4 aliphatic rings. The molecule has 0 unspecified atom stereocenters. The van der Waals surface area contributed by atoms with Crippen LogP contribution >= 0.6 is 0 Å². The van der Waals surface area contributed by atoms with Gasteiger partial charge in [-0.1, -0.05) is 0 Å². The van der Waals surface area contributed by atoms with Crippen LogP contribution in [-0.4, -0.2) is 15.7 Å². The van der Waals surface area contributed by atoms with E-state index in [1.54, 1.807) is 6.20 Å². The van der Waals surface area contributed by atoms with Gasteiger partial charge in [0.1, 0.15) is 11.5 Å². The van der Waals surface area contributed by atoms with Crippen molar-refractivity contribution in [1.82, 2.24) is 15.5 Å². The van der Waals surface area contributed by atoms with Crippen LogP contribution in [-0.2, 0) is 6.54 Å². The van der Waals surface area contributed by atoms with E-state index in [0.29, 0.717) is 5.54 Å². The Labute approximate surface area is 130 Å². The minimum atomic E-state index is 0.399. The molecule has 22 heavy (non-hydrogen) atoms. The SMILES string of the molecule is c1cc(-c2ccc(CNC34CC5CC(CC(C5)C3)C4)o2)[nH]n1. The first-order valence-corrected chi connectivity index (χ1v) is 8.61. The van der Waals surface area contributed by atoms with E-state index in [2.05, 4.69) is 21.6 Å². The van der Waals surface area contributed by atoms with Crippen molar-refractivity contribution in [3.8, 4) is 11.5 Å². The summed E-state index contributed by atoms with van der Waals surface area (Å²) in [6.07, 6.45) is 10.4. The van der Waals surface area contributed by atoms with Gasteiger partial charge in [0.25, 0.3) is 0 Å². The lowest BCUT2D eigenvalue weighted by atomic mass is 9.53. The van der Waals surface area contributed by atoms with Crippen LogP contribution in [0.15, 0.2) is 28.8 Å². The van der Waals surface area contributed by atoms with Crippen molar-refractivity contribution in [1.29, 1.82) is 0 Å². The molecule has 0 aliphatic heterocycles. The normalized spacial score (nSPS) is 36.1. The zero-order valence-electron chi connectivity index (χ0n) is 12.8. The maximum atomic E-state index is 5.96. The summed E-state index contributed by atoms with van der Waals surface area (Å²) in [5.41, 5.74) is 1.34. The number of hydrogen-bond acceptors (Lipinski definition) is 3. The second-order valence-electron chi connectivity index (χ2n) is 7.79. The summed E-state index contributed by atoms with van der Waals surface area (Å²) < 4.78 is 5.96. The molecule has 2 aromatic rings. The van der Waals surface area contributed by atoms with E-state index in [1.165, 1.54) is 38.5 Å². The van der Waals surface area contributed by atoms with E-state index >= 15 is 0 Å². The average molecular weight is 297 g/mol. The van der Waals surface area contributed by atoms with Crippen LogP contribution < -0.4 is 5.32 Å². The first-order chi connectivity index (χ1) is 10.8. The predicted octanol–water partition coefficient (Wildman–Crippen LogP) is 3.73. The number of aromatic nitrogens is 2. The summed E-state index contributed by atoms with van der Waals surface area (Å²) in [6.45, 7) is 0.848. The molecule has 2 heterocycles. The van der Waals surface area contributed by atoms with Crippen LogP contribution in [0.25, 0.3) is 11.5 Å². The summed E-state index contributed by atoms with van der Waals surface area (Å²) in [7, 11) is 0. The number of aromatic amines is 1. The lowest BCUT2D eigenvalue weighted by molar-refractivity contribution is -0.0213. The number of nitrogens with one attached hydrogen (secondary N) is 2. The highest BCUT2D eigenvalue weighted by Gasteiger charge is 2.50. The summed E-state index contributed by atoms with van der Waals surface area (Å²) in [4.78, 5) is 0. The Kier molecular flexibility index (Phi) is 2.78. The monoisotopic (exact) mass is 297 g/mol. The van der Waals surface area contributed by atoms with E-state index in [4.69, 9.17) is 4.42 Å². The molecule has 0 amide bonds. The smallest absolute Gasteiger partial charge is 0.152 e. The molecule has 4 nitrogen and oxygen atoms in total. The highest BCUT2D eigenvalue weighted by molar-refractivity contribution is 5.51. The van der Waals surface area contributed by atoms with Crippen molar-refractivity contribution >= 4 is 0 Å². The third-order valence-corrected chi connectivity index (χ3v) is 6.10. The topological polar surface area (TPSA) is 53.9 Å². The Hall–Kier alpha value is -1.55. The fourth-order valence-corrected chi connectivity index (χ4v) is 5.61. The van der Waals surface area contributed by atoms with E-state index in [9.17, 15) is 0 Å². The predicted molar refractivity (Wildman–Crippen MR) is 84.0 cm³/mol. The van der Waals surface area contributed by atoms with Gasteiger partial charge in [-0.2, -0.15) is 5.10 Å². The van der Waals surface area contributed by atoms with Crippen LogP contribution in [0, 0.1) is 17.8 Å². The Morgan fingerprint density at radius 3 is 2.45 bits per heavy atom. The second kappa shape index (κ2) is 4.72. The highest BCUT2D eigenvalue weighted by atomic mass is 16.3. The molecule has 4 heteroatoms. The standard InChI is InChI=1S/C18H23N3O/c1-2-17(16-3-4-20-21-16)22-15(1)11-19-18-8-12-5-13(9-18)7-14(6-12)10-18/h1-4,12-14,19H,5-11H2,(H,20,21). The van der Waals surface area contributed by atoms with Gasteiger partial charge in [-0.05, 0) is 74.5 Å². The molecule has 2 N–H and O–H groups in total. The molecule has 0 spiro atoms. The fraction of sp³-hybridized carbons (Fsp3) is 0.611. The van der Waals surface area contributed by atoms with Gasteiger partial charge >= 0.3 is 0 Å². The molecule has 4 saturated carbocycles. The molecule has 6 rings (SSSR count). The van der Waals surface area contributed by atoms with Crippen LogP contribution in [0.1, 0.15) is 44.3 Å². The summed E-state index contributed by atoms with van der Waals surface area (Å²) >= 11 is 0. The van der Waals surface area contributed by atoms with Gasteiger partial charge in [0.05, 0.1) is 6.54 Å². The maximum absolute atomic E-state index is 5.96. The zero-order chi connectivity index (χ0) is 14.6. The van der Waals surface area contributed by atoms with E-state index in [0.717, 1.165) is 41.5 Å². The lowest BCUT2D eigenvalue weighted by Gasteiger charge is -2.57. The van der Waals surface area contributed by atoms with Gasteiger partial charge < -0.3 is 9.73 Å². The van der Waals surface area contributed by atoms with E-state index < -0.39 is 0 Å². The Morgan fingerprint density at radius 1 is 1.09 bits per heavy atom. The quantitative estimate of drug-likeness (QED) is 0.904. The van der Waals surface area contributed by atoms with Crippen LogP contribution in [0.4, 0.5) is 0 Å². The number of furan rings is 1. The maximum Gasteiger partial charge on any atom is 0.152 e. The Bertz CT molecular complexity index is 622. The molecule has 0 radical (unpaired) electrons. The van der Waals surface area contributed by atoms with E-state index in [1.807, 2.05) is 12.1 Å². The molecule has 0 aromatic carbocycles. The molecule has 116 valence electrons. The van der Waals surface area contributed by atoms with Crippen molar-refractivity contribution in [3.63, 3.8) is 0 Å². The summed E-state index contributed by atoms with van der Waals surface area (Å²) in [6, 6.07) is 6.06. The van der Waals surface area contributed by atoms with Gasteiger partial charge in [-0.3, -0.25) is 5.10 Å². The van der Waals surface area contributed by atoms with Crippen molar-refractivity contribution in [2.24, 2.45) is 17.8 Å². The van der Waals surface area contributed by atoms with Crippen LogP contribution in [0.5, 0.6) is 0 Å². The summed E-state index contributed by atoms with van der Waals surface area (Å²) in [5.74, 6) is 4.85. The zero-order valence-corrected chi connectivity index (χ0v) is 12.8. The van der Waals surface area contributed by atoms with Crippen molar-refractivity contribution < 1.29 is 4.42 Å². The molecule has 4 fully saturated rings. The van der Waals surface area contributed by atoms with Gasteiger partial charge in [0.2, 0.25) is 0 Å². The third kappa shape index (κ3) is 2.12. The number of H-pyrrole nitrogens is 1. The molecule has 0 saturated heterocycles.